The molecule has 136 valence electrons. The van der Waals surface area contributed by atoms with Gasteiger partial charge in [0.25, 0.3) is 0 Å². The highest BCUT2D eigenvalue weighted by molar-refractivity contribution is 5.81. The maximum atomic E-state index is 12.3. The minimum absolute atomic E-state index is 0.0588. The Morgan fingerprint density at radius 1 is 1.31 bits per heavy atom. The molecule has 1 aliphatic heterocycles. The molecule has 0 bridgehead atoms. The third-order valence-corrected chi connectivity index (χ3v) is 4.99. The summed E-state index contributed by atoms with van der Waals surface area (Å²) in [6.07, 6.45) is 1.55. The molecule has 1 aromatic carbocycles. The molecule has 0 spiro atoms. The lowest BCUT2D eigenvalue weighted by Crippen LogP contribution is -2.24. The molecule has 0 saturated heterocycles. The molecule has 4 rings (SSSR count). The van der Waals surface area contributed by atoms with Crippen LogP contribution in [0.3, 0.4) is 0 Å². The van der Waals surface area contributed by atoms with Crippen LogP contribution in [0.2, 0.25) is 0 Å². The predicted octanol–water partition coefficient (Wildman–Crippen LogP) is 2.35. The van der Waals surface area contributed by atoms with Crippen LogP contribution in [0.25, 0.3) is 10.9 Å². The Kier molecular flexibility index (Phi) is 4.75. The van der Waals surface area contributed by atoms with Crippen molar-refractivity contribution in [2.75, 3.05) is 6.54 Å². The molecule has 2 N–H and O–H groups in total. The first-order chi connectivity index (χ1) is 12.7. The summed E-state index contributed by atoms with van der Waals surface area (Å²) in [6.45, 7) is 6.09. The van der Waals surface area contributed by atoms with E-state index >= 15 is 0 Å². The first-order valence-electron chi connectivity index (χ1n) is 9.28. The quantitative estimate of drug-likeness (QED) is 0.742. The molecule has 2 aromatic heterocycles. The molecule has 26 heavy (non-hydrogen) atoms. The van der Waals surface area contributed by atoms with E-state index in [1.165, 1.54) is 22.3 Å². The van der Waals surface area contributed by atoms with Crippen LogP contribution in [-0.2, 0) is 31.0 Å². The van der Waals surface area contributed by atoms with Crippen molar-refractivity contribution >= 4 is 16.8 Å². The highest BCUT2D eigenvalue weighted by Crippen LogP contribution is 2.19. The standard InChI is InChI=1S/C20H25N5O/c1-15-11-16-5-2-3-6-19(16)24(15)10-7-20(26)22-13-17-12-18-14-21-8-4-9-25(18)23-17/h2-3,5-6,11-12,21H,4,7-10,13-14H2,1H3,(H,22,26). The van der Waals surface area contributed by atoms with Crippen molar-refractivity contribution in [3.05, 3.63) is 53.5 Å². The molecule has 1 aliphatic rings. The molecule has 0 radical (unpaired) electrons. The Hall–Kier alpha value is -2.60. The van der Waals surface area contributed by atoms with Crippen LogP contribution in [0.5, 0.6) is 0 Å². The fourth-order valence-corrected chi connectivity index (χ4v) is 3.64. The number of carbonyl (C=O) groups is 1. The van der Waals surface area contributed by atoms with E-state index < -0.39 is 0 Å². The van der Waals surface area contributed by atoms with E-state index in [-0.39, 0.29) is 5.91 Å². The number of aryl methyl sites for hydroxylation is 3. The van der Waals surface area contributed by atoms with Gasteiger partial charge in [-0.1, -0.05) is 18.2 Å². The van der Waals surface area contributed by atoms with Gasteiger partial charge in [-0.25, -0.2) is 0 Å². The van der Waals surface area contributed by atoms with Crippen molar-refractivity contribution in [2.24, 2.45) is 0 Å². The normalized spacial score (nSPS) is 14.2. The molecule has 0 aliphatic carbocycles. The van der Waals surface area contributed by atoms with E-state index in [9.17, 15) is 4.79 Å². The second-order valence-corrected chi connectivity index (χ2v) is 6.90. The van der Waals surface area contributed by atoms with E-state index in [1.54, 1.807) is 0 Å². The largest absolute Gasteiger partial charge is 0.350 e. The van der Waals surface area contributed by atoms with Gasteiger partial charge in [0.1, 0.15) is 0 Å². The van der Waals surface area contributed by atoms with Crippen molar-refractivity contribution in [3.63, 3.8) is 0 Å². The van der Waals surface area contributed by atoms with Gasteiger partial charge in [0, 0.05) is 37.3 Å². The highest BCUT2D eigenvalue weighted by Gasteiger charge is 2.12. The van der Waals surface area contributed by atoms with Gasteiger partial charge in [-0.05, 0) is 43.5 Å². The zero-order chi connectivity index (χ0) is 17.9. The first-order valence-corrected chi connectivity index (χ1v) is 9.28. The number of hydrogen-bond donors (Lipinski definition) is 2. The molecule has 3 heterocycles. The number of rotatable bonds is 5. The van der Waals surface area contributed by atoms with Gasteiger partial charge in [-0.2, -0.15) is 5.10 Å². The monoisotopic (exact) mass is 351 g/mol. The van der Waals surface area contributed by atoms with E-state index in [0.29, 0.717) is 19.5 Å². The van der Waals surface area contributed by atoms with Crippen LogP contribution in [0.15, 0.2) is 36.4 Å². The van der Waals surface area contributed by atoms with Crippen molar-refractivity contribution < 1.29 is 4.79 Å². The molecular formula is C20H25N5O. The van der Waals surface area contributed by atoms with Crippen molar-refractivity contribution in [2.45, 2.75) is 45.9 Å². The molecule has 6 heteroatoms. The summed E-state index contributed by atoms with van der Waals surface area (Å²) in [5.74, 6) is 0.0588. The van der Waals surface area contributed by atoms with Gasteiger partial charge in [0.2, 0.25) is 5.91 Å². The van der Waals surface area contributed by atoms with E-state index in [0.717, 1.165) is 31.7 Å². The number of benzene rings is 1. The van der Waals surface area contributed by atoms with Gasteiger partial charge in [0.05, 0.1) is 17.9 Å². The summed E-state index contributed by atoms with van der Waals surface area (Å²) in [7, 11) is 0. The fraction of sp³-hybridized carbons (Fsp3) is 0.400. The van der Waals surface area contributed by atoms with Crippen LogP contribution in [-0.4, -0.2) is 26.8 Å². The third-order valence-electron chi connectivity index (χ3n) is 4.99. The van der Waals surface area contributed by atoms with Gasteiger partial charge in [0.15, 0.2) is 0 Å². The van der Waals surface area contributed by atoms with Crippen molar-refractivity contribution in [1.82, 2.24) is 25.0 Å². The highest BCUT2D eigenvalue weighted by atomic mass is 16.1. The molecule has 6 nitrogen and oxygen atoms in total. The number of aromatic nitrogens is 3. The smallest absolute Gasteiger partial charge is 0.222 e. The summed E-state index contributed by atoms with van der Waals surface area (Å²) in [4.78, 5) is 12.3. The summed E-state index contributed by atoms with van der Waals surface area (Å²) >= 11 is 0. The SMILES string of the molecule is Cc1cc2ccccc2n1CCC(=O)NCc1cc2n(n1)CCCNC2. The molecule has 1 amide bonds. The van der Waals surface area contributed by atoms with Crippen molar-refractivity contribution in [3.8, 4) is 0 Å². The van der Waals surface area contributed by atoms with Crippen LogP contribution >= 0.6 is 0 Å². The Balaban J connectivity index is 1.34. The second-order valence-electron chi connectivity index (χ2n) is 6.90. The number of para-hydroxylation sites is 1. The van der Waals surface area contributed by atoms with E-state index in [4.69, 9.17) is 0 Å². The number of nitrogens with one attached hydrogen (secondary N) is 2. The lowest BCUT2D eigenvalue weighted by atomic mass is 10.2. The van der Waals surface area contributed by atoms with Gasteiger partial charge in [-0.15, -0.1) is 0 Å². The number of hydrogen-bond acceptors (Lipinski definition) is 3. The second kappa shape index (κ2) is 7.33. The first kappa shape index (κ1) is 16.8. The maximum Gasteiger partial charge on any atom is 0.222 e. The van der Waals surface area contributed by atoms with Gasteiger partial charge < -0.3 is 15.2 Å². The van der Waals surface area contributed by atoms with Crippen LogP contribution in [0, 0.1) is 6.92 Å². The Bertz CT molecular complexity index is 900. The summed E-state index contributed by atoms with van der Waals surface area (Å²) in [5.41, 5.74) is 4.49. The molecule has 0 fully saturated rings. The number of carbonyl (C=O) groups excluding carboxylic acids is 1. The maximum absolute atomic E-state index is 12.3. The molecule has 3 aromatic rings. The zero-order valence-electron chi connectivity index (χ0n) is 15.2. The molecule has 0 unspecified atom stereocenters. The lowest BCUT2D eigenvalue weighted by molar-refractivity contribution is -0.121. The molecule has 0 atom stereocenters. The Morgan fingerprint density at radius 3 is 3.12 bits per heavy atom. The Morgan fingerprint density at radius 2 is 2.19 bits per heavy atom. The number of fused-ring (bicyclic) bond motifs is 2. The summed E-state index contributed by atoms with van der Waals surface area (Å²) in [6, 6.07) is 12.5. The van der Waals surface area contributed by atoms with E-state index in [1.807, 2.05) is 12.1 Å². The molecular weight excluding hydrogens is 326 g/mol. The van der Waals surface area contributed by atoms with Crippen molar-refractivity contribution in [1.29, 1.82) is 0 Å². The molecule has 0 saturated carbocycles. The summed E-state index contributed by atoms with van der Waals surface area (Å²) in [5, 5.41) is 12.2. The average molecular weight is 351 g/mol. The zero-order valence-corrected chi connectivity index (χ0v) is 15.2. The third kappa shape index (κ3) is 3.51. The number of nitrogens with zero attached hydrogens (tertiary/aromatic N) is 3. The van der Waals surface area contributed by atoms with E-state index in [2.05, 4.69) is 56.2 Å². The average Bonchev–Trinajstić information content (AvgIpc) is 3.10. The summed E-state index contributed by atoms with van der Waals surface area (Å²) < 4.78 is 4.26. The Labute approximate surface area is 153 Å². The number of amides is 1. The predicted molar refractivity (Wildman–Crippen MR) is 102 cm³/mol. The topological polar surface area (TPSA) is 63.9 Å². The minimum Gasteiger partial charge on any atom is -0.350 e. The van der Waals surface area contributed by atoms with Gasteiger partial charge >= 0.3 is 0 Å². The minimum atomic E-state index is 0.0588. The van der Waals surface area contributed by atoms with Crippen LogP contribution in [0.4, 0.5) is 0 Å². The lowest BCUT2D eigenvalue weighted by Gasteiger charge is -2.08. The van der Waals surface area contributed by atoms with Gasteiger partial charge in [-0.3, -0.25) is 9.48 Å². The van der Waals surface area contributed by atoms with Crippen LogP contribution in [0.1, 0.15) is 29.9 Å². The fourth-order valence-electron chi connectivity index (χ4n) is 3.64. The van der Waals surface area contributed by atoms with Crippen LogP contribution < -0.4 is 10.6 Å².